The van der Waals surface area contributed by atoms with Crippen LogP contribution in [-0.4, -0.2) is 11.9 Å². The number of carbonyl (C=O) groups excluding carboxylic acids is 1. The fourth-order valence-electron chi connectivity index (χ4n) is 1.65. The lowest BCUT2D eigenvalue weighted by Crippen LogP contribution is -2.28. The molecule has 0 aromatic heterocycles. The number of nitriles is 1. The standard InChI is InChI=1S/C13H14N2O/c1-13(2)7-11(13)15-12(16)10-5-3-9(8-14)4-6-10/h3-6,11H,7H2,1-2H3,(H,15,16). The SMILES string of the molecule is CC1(C)CC1NC(=O)c1ccc(C#N)cc1. The largest absolute Gasteiger partial charge is 0.349 e. The van der Waals surface area contributed by atoms with Crippen molar-refractivity contribution in [3.8, 4) is 6.07 Å². The summed E-state index contributed by atoms with van der Waals surface area (Å²) in [7, 11) is 0. The van der Waals surface area contributed by atoms with Crippen LogP contribution >= 0.6 is 0 Å². The van der Waals surface area contributed by atoms with Crippen molar-refractivity contribution in [1.82, 2.24) is 5.32 Å². The number of nitrogens with one attached hydrogen (secondary N) is 1. The Balaban J connectivity index is 2.02. The maximum Gasteiger partial charge on any atom is 0.251 e. The van der Waals surface area contributed by atoms with E-state index in [0.29, 0.717) is 11.1 Å². The van der Waals surface area contributed by atoms with Crippen molar-refractivity contribution in [1.29, 1.82) is 5.26 Å². The predicted octanol–water partition coefficient (Wildman–Crippen LogP) is 2.09. The first kappa shape index (κ1) is 10.7. The Morgan fingerprint density at radius 2 is 2.00 bits per heavy atom. The lowest BCUT2D eigenvalue weighted by molar-refractivity contribution is 0.0946. The van der Waals surface area contributed by atoms with Crippen molar-refractivity contribution in [3.05, 3.63) is 35.4 Å². The van der Waals surface area contributed by atoms with Crippen LogP contribution in [0, 0.1) is 16.7 Å². The summed E-state index contributed by atoms with van der Waals surface area (Å²) in [4.78, 5) is 11.8. The number of rotatable bonds is 2. The molecule has 1 aromatic carbocycles. The van der Waals surface area contributed by atoms with Crippen LogP contribution in [0.1, 0.15) is 36.2 Å². The van der Waals surface area contributed by atoms with E-state index < -0.39 is 0 Å². The third-order valence-electron chi connectivity index (χ3n) is 3.09. The fourth-order valence-corrected chi connectivity index (χ4v) is 1.65. The second-order valence-corrected chi connectivity index (χ2v) is 4.91. The maximum atomic E-state index is 11.8. The second-order valence-electron chi connectivity index (χ2n) is 4.91. The van der Waals surface area contributed by atoms with Gasteiger partial charge in [-0.15, -0.1) is 0 Å². The summed E-state index contributed by atoms with van der Waals surface area (Å²) in [6, 6.07) is 9.00. The van der Waals surface area contributed by atoms with Crippen LogP contribution in [0.2, 0.25) is 0 Å². The second kappa shape index (κ2) is 3.64. The molecule has 1 aliphatic rings. The summed E-state index contributed by atoms with van der Waals surface area (Å²) < 4.78 is 0. The van der Waals surface area contributed by atoms with E-state index in [9.17, 15) is 4.79 Å². The van der Waals surface area contributed by atoms with Crippen LogP contribution in [-0.2, 0) is 0 Å². The third kappa shape index (κ3) is 2.06. The molecule has 1 unspecified atom stereocenters. The van der Waals surface area contributed by atoms with Crippen molar-refractivity contribution in [3.63, 3.8) is 0 Å². The molecule has 1 aliphatic carbocycles. The minimum Gasteiger partial charge on any atom is -0.349 e. The number of carbonyl (C=O) groups is 1. The Bertz CT molecular complexity index is 454. The molecule has 0 heterocycles. The number of hydrogen-bond donors (Lipinski definition) is 1. The molecule has 2 rings (SSSR count). The Kier molecular flexibility index (Phi) is 2.43. The number of benzene rings is 1. The molecule has 0 spiro atoms. The van der Waals surface area contributed by atoms with Gasteiger partial charge in [-0.3, -0.25) is 4.79 Å². The van der Waals surface area contributed by atoms with Crippen LogP contribution in [0.3, 0.4) is 0 Å². The van der Waals surface area contributed by atoms with E-state index in [-0.39, 0.29) is 17.4 Å². The van der Waals surface area contributed by atoms with Gasteiger partial charge in [0.2, 0.25) is 0 Å². The molecule has 1 aromatic rings. The highest BCUT2D eigenvalue weighted by molar-refractivity contribution is 5.94. The van der Waals surface area contributed by atoms with E-state index >= 15 is 0 Å². The van der Waals surface area contributed by atoms with Gasteiger partial charge in [0.1, 0.15) is 0 Å². The number of amides is 1. The summed E-state index contributed by atoms with van der Waals surface area (Å²) in [6.07, 6.45) is 1.04. The molecule has 0 aliphatic heterocycles. The van der Waals surface area contributed by atoms with Crippen molar-refractivity contribution in [2.45, 2.75) is 26.3 Å². The molecular weight excluding hydrogens is 200 g/mol. The Hall–Kier alpha value is -1.82. The van der Waals surface area contributed by atoms with Gasteiger partial charge in [0.15, 0.2) is 0 Å². The molecule has 0 saturated heterocycles. The van der Waals surface area contributed by atoms with E-state index in [1.807, 2.05) is 6.07 Å². The van der Waals surface area contributed by atoms with Crippen molar-refractivity contribution < 1.29 is 4.79 Å². The zero-order valence-corrected chi connectivity index (χ0v) is 9.45. The molecule has 0 bridgehead atoms. The first-order chi connectivity index (χ1) is 7.53. The molecule has 1 fully saturated rings. The predicted molar refractivity (Wildman–Crippen MR) is 60.8 cm³/mol. The average molecular weight is 214 g/mol. The monoisotopic (exact) mass is 214 g/mol. The first-order valence-electron chi connectivity index (χ1n) is 5.34. The van der Waals surface area contributed by atoms with Gasteiger partial charge in [-0.25, -0.2) is 0 Å². The van der Waals surface area contributed by atoms with Crippen LogP contribution in [0.4, 0.5) is 0 Å². The van der Waals surface area contributed by atoms with Gasteiger partial charge in [-0.2, -0.15) is 5.26 Å². The van der Waals surface area contributed by atoms with E-state index in [1.54, 1.807) is 24.3 Å². The zero-order valence-electron chi connectivity index (χ0n) is 9.45. The normalized spacial score (nSPS) is 20.9. The molecule has 0 radical (unpaired) electrons. The highest BCUT2D eigenvalue weighted by Crippen LogP contribution is 2.44. The summed E-state index contributed by atoms with van der Waals surface area (Å²) in [6.45, 7) is 4.27. The Labute approximate surface area is 95.1 Å². The van der Waals surface area contributed by atoms with Crippen molar-refractivity contribution >= 4 is 5.91 Å². The van der Waals surface area contributed by atoms with E-state index in [2.05, 4.69) is 19.2 Å². The number of hydrogen-bond acceptors (Lipinski definition) is 2. The first-order valence-corrected chi connectivity index (χ1v) is 5.34. The van der Waals surface area contributed by atoms with Gasteiger partial charge < -0.3 is 5.32 Å². The van der Waals surface area contributed by atoms with E-state index in [0.717, 1.165) is 6.42 Å². The van der Waals surface area contributed by atoms with Crippen LogP contribution in [0.25, 0.3) is 0 Å². The summed E-state index contributed by atoms with van der Waals surface area (Å²) in [5, 5.41) is 11.6. The van der Waals surface area contributed by atoms with Crippen molar-refractivity contribution in [2.75, 3.05) is 0 Å². The quantitative estimate of drug-likeness (QED) is 0.819. The van der Waals surface area contributed by atoms with Gasteiger partial charge in [0.25, 0.3) is 5.91 Å². The molecular formula is C13H14N2O. The molecule has 1 amide bonds. The maximum absolute atomic E-state index is 11.8. The highest BCUT2D eigenvalue weighted by atomic mass is 16.1. The smallest absolute Gasteiger partial charge is 0.251 e. The van der Waals surface area contributed by atoms with Crippen LogP contribution in [0.15, 0.2) is 24.3 Å². The van der Waals surface area contributed by atoms with Gasteiger partial charge >= 0.3 is 0 Å². The molecule has 1 N–H and O–H groups in total. The minimum atomic E-state index is -0.0555. The van der Waals surface area contributed by atoms with Gasteiger partial charge in [-0.05, 0) is 36.1 Å². The molecule has 82 valence electrons. The zero-order chi connectivity index (χ0) is 11.8. The highest BCUT2D eigenvalue weighted by Gasteiger charge is 2.46. The number of nitrogens with zero attached hydrogens (tertiary/aromatic N) is 1. The fraction of sp³-hybridized carbons (Fsp3) is 0.385. The van der Waals surface area contributed by atoms with Gasteiger partial charge in [0, 0.05) is 11.6 Å². The Morgan fingerprint density at radius 3 is 2.44 bits per heavy atom. The Morgan fingerprint density at radius 1 is 1.44 bits per heavy atom. The van der Waals surface area contributed by atoms with Crippen LogP contribution in [0.5, 0.6) is 0 Å². The molecule has 1 saturated carbocycles. The van der Waals surface area contributed by atoms with Gasteiger partial charge in [0.05, 0.1) is 11.6 Å². The average Bonchev–Trinajstić information content (AvgIpc) is 2.86. The molecule has 1 atom stereocenters. The summed E-state index contributed by atoms with van der Waals surface area (Å²) >= 11 is 0. The molecule has 3 nitrogen and oxygen atoms in total. The summed E-state index contributed by atoms with van der Waals surface area (Å²) in [5.41, 5.74) is 1.42. The molecule has 3 heteroatoms. The summed E-state index contributed by atoms with van der Waals surface area (Å²) in [5.74, 6) is -0.0555. The van der Waals surface area contributed by atoms with E-state index in [1.165, 1.54) is 0 Å². The third-order valence-corrected chi connectivity index (χ3v) is 3.09. The van der Waals surface area contributed by atoms with Gasteiger partial charge in [-0.1, -0.05) is 13.8 Å². The lowest BCUT2D eigenvalue weighted by atomic mass is 10.1. The molecule has 16 heavy (non-hydrogen) atoms. The van der Waals surface area contributed by atoms with Crippen LogP contribution < -0.4 is 5.32 Å². The van der Waals surface area contributed by atoms with Crippen molar-refractivity contribution in [2.24, 2.45) is 5.41 Å². The van der Waals surface area contributed by atoms with E-state index in [4.69, 9.17) is 5.26 Å². The topological polar surface area (TPSA) is 52.9 Å². The minimum absolute atomic E-state index is 0.0555. The lowest BCUT2D eigenvalue weighted by Gasteiger charge is -2.06.